The minimum atomic E-state index is 0.124. The second-order valence-electron chi connectivity index (χ2n) is 13.0. The van der Waals surface area contributed by atoms with E-state index in [9.17, 15) is 10.2 Å². The quantitative estimate of drug-likeness (QED) is 0.116. The molecule has 258 valence electrons. The molecule has 0 aromatic carbocycles. The molecule has 0 fully saturated rings. The Bertz CT molecular complexity index is 1830. The van der Waals surface area contributed by atoms with Crippen molar-refractivity contribution in [3.8, 4) is 0 Å². The SMILES string of the molecule is CCCOCCc1c(C)c2cc3[nH]c(cc4nc(cc5nc(cc1[nH]2)C(C)=C5CCCO)C(CCCO)=C4C)c(C)c3CCOCCC. The fourth-order valence-electron chi connectivity index (χ4n) is 6.84. The van der Waals surface area contributed by atoms with E-state index in [1.807, 2.05) is 0 Å². The Morgan fingerprint density at radius 3 is 1.44 bits per heavy atom. The number of hydrogen-bond donors (Lipinski definition) is 4. The summed E-state index contributed by atoms with van der Waals surface area (Å²) in [4.78, 5) is 17.9. The van der Waals surface area contributed by atoms with Crippen molar-refractivity contribution in [1.29, 1.82) is 0 Å². The van der Waals surface area contributed by atoms with Crippen LogP contribution < -0.4 is 0 Å². The normalized spacial score (nSPS) is 13.3. The predicted octanol–water partition coefficient (Wildman–Crippen LogP) is 8.28. The van der Waals surface area contributed by atoms with Crippen LogP contribution in [0.2, 0.25) is 0 Å². The smallest absolute Gasteiger partial charge is 0.0694 e. The average Bonchev–Trinajstić information content (AvgIpc) is 3.73. The van der Waals surface area contributed by atoms with Crippen LogP contribution in [0, 0.1) is 13.8 Å². The fraction of sp³-hybridized carbons (Fsp3) is 0.500. The lowest BCUT2D eigenvalue weighted by Gasteiger charge is -2.05. The molecule has 3 aromatic rings. The van der Waals surface area contributed by atoms with E-state index in [1.54, 1.807) is 0 Å². The number of aliphatic hydroxyl groups is 2. The van der Waals surface area contributed by atoms with Crippen LogP contribution in [0.1, 0.15) is 111 Å². The first kappa shape index (κ1) is 35.7. The van der Waals surface area contributed by atoms with Gasteiger partial charge in [-0.3, -0.25) is 0 Å². The van der Waals surface area contributed by atoms with E-state index in [-0.39, 0.29) is 13.2 Å². The Kier molecular flexibility index (Phi) is 12.4. The number of fused-ring (bicyclic) bond motifs is 8. The molecule has 4 N–H and O–H groups in total. The summed E-state index contributed by atoms with van der Waals surface area (Å²) in [5, 5.41) is 19.5. The number of H-pyrrole nitrogens is 2. The number of ether oxygens (including phenoxy) is 2. The Hall–Kier alpha value is -3.56. The Balaban J connectivity index is 1.84. The predicted molar refractivity (Wildman–Crippen MR) is 198 cm³/mol. The first-order valence-electron chi connectivity index (χ1n) is 17.8. The maximum Gasteiger partial charge on any atom is 0.0694 e. The molecule has 8 bridgehead atoms. The van der Waals surface area contributed by atoms with Gasteiger partial charge in [-0.2, -0.15) is 0 Å². The molecule has 3 aromatic heterocycles. The summed E-state index contributed by atoms with van der Waals surface area (Å²) >= 11 is 0. The van der Waals surface area contributed by atoms with E-state index in [0.717, 1.165) is 119 Å². The number of rotatable bonds is 16. The molecule has 8 nitrogen and oxygen atoms in total. The van der Waals surface area contributed by atoms with Crippen LogP contribution in [0.3, 0.4) is 0 Å². The minimum Gasteiger partial charge on any atom is -0.396 e. The summed E-state index contributed by atoms with van der Waals surface area (Å²) in [6.45, 7) is 16.0. The highest BCUT2D eigenvalue weighted by molar-refractivity contribution is 5.95. The molecular formula is C40H54N4O4. The maximum atomic E-state index is 9.75. The van der Waals surface area contributed by atoms with Gasteiger partial charge in [-0.05, 0) is 148 Å². The van der Waals surface area contributed by atoms with Crippen molar-refractivity contribution in [3.05, 3.63) is 69.3 Å². The van der Waals surface area contributed by atoms with Crippen molar-refractivity contribution in [2.24, 2.45) is 0 Å². The highest BCUT2D eigenvalue weighted by atomic mass is 16.5. The monoisotopic (exact) mass is 654 g/mol. The van der Waals surface area contributed by atoms with Crippen LogP contribution in [0.5, 0.6) is 0 Å². The van der Waals surface area contributed by atoms with Gasteiger partial charge < -0.3 is 29.7 Å². The van der Waals surface area contributed by atoms with Gasteiger partial charge in [-0.25, -0.2) is 9.97 Å². The van der Waals surface area contributed by atoms with Crippen molar-refractivity contribution in [3.63, 3.8) is 0 Å². The average molecular weight is 655 g/mol. The van der Waals surface area contributed by atoms with E-state index in [0.29, 0.717) is 26.1 Å². The minimum absolute atomic E-state index is 0.124. The van der Waals surface area contributed by atoms with Crippen molar-refractivity contribution in [1.82, 2.24) is 19.9 Å². The van der Waals surface area contributed by atoms with Gasteiger partial charge >= 0.3 is 0 Å². The third-order valence-electron chi connectivity index (χ3n) is 9.66. The lowest BCUT2D eigenvalue weighted by atomic mass is 9.98. The molecule has 2 aliphatic heterocycles. The first-order valence-corrected chi connectivity index (χ1v) is 17.8. The molecule has 0 unspecified atom stereocenters. The molecule has 0 spiro atoms. The van der Waals surface area contributed by atoms with E-state index < -0.39 is 0 Å². The van der Waals surface area contributed by atoms with E-state index in [2.05, 4.69) is 75.8 Å². The van der Waals surface area contributed by atoms with Crippen LogP contribution in [-0.4, -0.2) is 69.8 Å². The van der Waals surface area contributed by atoms with Crippen molar-refractivity contribution >= 4 is 44.4 Å². The van der Waals surface area contributed by atoms with Gasteiger partial charge in [0.15, 0.2) is 0 Å². The number of aliphatic hydroxyl groups excluding tert-OH is 2. The molecule has 0 amide bonds. The van der Waals surface area contributed by atoms with Crippen LogP contribution in [0.4, 0.5) is 0 Å². The molecule has 2 aliphatic rings. The second kappa shape index (κ2) is 16.7. The van der Waals surface area contributed by atoms with Crippen LogP contribution in [0.25, 0.3) is 44.4 Å². The number of hydrogen-bond acceptors (Lipinski definition) is 6. The van der Waals surface area contributed by atoms with Crippen LogP contribution in [-0.2, 0) is 22.3 Å². The molecule has 0 saturated heterocycles. The Morgan fingerprint density at radius 2 is 0.979 bits per heavy atom. The summed E-state index contributed by atoms with van der Waals surface area (Å²) in [6.07, 6.45) is 6.39. The lowest BCUT2D eigenvalue weighted by Crippen LogP contribution is -2.00. The fourth-order valence-corrected chi connectivity index (χ4v) is 6.84. The molecule has 8 heteroatoms. The first-order chi connectivity index (χ1) is 23.3. The number of aryl methyl sites for hydroxylation is 2. The topological polar surface area (TPSA) is 116 Å². The van der Waals surface area contributed by atoms with E-state index in [4.69, 9.17) is 19.4 Å². The van der Waals surface area contributed by atoms with Gasteiger partial charge in [-0.15, -0.1) is 0 Å². The van der Waals surface area contributed by atoms with Gasteiger partial charge in [0.2, 0.25) is 0 Å². The molecular weight excluding hydrogens is 600 g/mol. The number of aromatic nitrogens is 4. The maximum absolute atomic E-state index is 9.75. The van der Waals surface area contributed by atoms with Gasteiger partial charge in [-0.1, -0.05) is 13.8 Å². The van der Waals surface area contributed by atoms with Crippen molar-refractivity contribution in [2.45, 2.75) is 92.9 Å². The summed E-state index contributed by atoms with van der Waals surface area (Å²) in [6, 6.07) is 8.71. The standard InChI is InChI=1S/C40H54N4O4/c1-7-17-47-19-13-31-27(5)34-21-33-25(3)29(11-9-15-45)39(42-33)24-40-30(12-10-16-46)26(4)35(44-40)22-38-32(14-20-48-18-8-2)28(6)36(43-38)23-37(31)41-34/h21-24,41,43,45-46H,7-20H2,1-6H3. The Labute approximate surface area is 285 Å². The highest BCUT2D eigenvalue weighted by Gasteiger charge is 2.22. The van der Waals surface area contributed by atoms with Gasteiger partial charge in [0.25, 0.3) is 0 Å². The highest BCUT2D eigenvalue weighted by Crippen LogP contribution is 2.38. The van der Waals surface area contributed by atoms with Crippen molar-refractivity contribution in [2.75, 3.05) is 39.6 Å². The van der Waals surface area contributed by atoms with Crippen LogP contribution in [0.15, 0.2) is 24.3 Å². The Morgan fingerprint density at radius 1 is 0.542 bits per heavy atom. The summed E-state index contributed by atoms with van der Waals surface area (Å²) < 4.78 is 11.9. The molecule has 48 heavy (non-hydrogen) atoms. The largest absolute Gasteiger partial charge is 0.396 e. The van der Waals surface area contributed by atoms with Gasteiger partial charge in [0, 0.05) is 48.5 Å². The third-order valence-corrected chi connectivity index (χ3v) is 9.66. The lowest BCUT2D eigenvalue weighted by molar-refractivity contribution is 0.138. The molecule has 5 heterocycles. The number of allylic oxidation sites excluding steroid dienone is 4. The van der Waals surface area contributed by atoms with Gasteiger partial charge in [0.05, 0.1) is 36.0 Å². The number of nitrogens with one attached hydrogen (secondary N) is 2. The van der Waals surface area contributed by atoms with Crippen LogP contribution >= 0.6 is 0 Å². The summed E-state index contributed by atoms with van der Waals surface area (Å²) in [5.41, 5.74) is 17.3. The van der Waals surface area contributed by atoms with E-state index >= 15 is 0 Å². The molecule has 0 saturated carbocycles. The number of aromatic amines is 2. The molecule has 0 radical (unpaired) electrons. The molecule has 0 atom stereocenters. The van der Waals surface area contributed by atoms with Crippen molar-refractivity contribution < 1.29 is 19.7 Å². The number of nitrogens with zero attached hydrogens (tertiary/aromatic N) is 2. The molecule has 0 aliphatic carbocycles. The van der Waals surface area contributed by atoms with Gasteiger partial charge in [0.1, 0.15) is 0 Å². The molecule has 5 rings (SSSR count). The summed E-state index contributed by atoms with van der Waals surface area (Å²) in [7, 11) is 0. The van der Waals surface area contributed by atoms with E-state index in [1.165, 1.54) is 22.3 Å². The zero-order valence-electron chi connectivity index (χ0n) is 29.8. The summed E-state index contributed by atoms with van der Waals surface area (Å²) in [5.74, 6) is 0. The zero-order chi connectivity index (χ0) is 34.2. The second-order valence-corrected chi connectivity index (χ2v) is 13.0. The zero-order valence-corrected chi connectivity index (χ0v) is 29.8. The third kappa shape index (κ3) is 7.84.